The van der Waals surface area contributed by atoms with E-state index in [4.69, 9.17) is 0 Å². The smallest absolute Gasteiger partial charge is 0.0381 e. The molecular weight excluding hydrogens is 264 g/mol. The lowest BCUT2D eigenvalue weighted by Crippen LogP contribution is -2.13. The predicted molar refractivity (Wildman–Crippen MR) is 89.2 cm³/mol. The van der Waals surface area contributed by atoms with Gasteiger partial charge in [-0.2, -0.15) is 0 Å². The van der Waals surface area contributed by atoms with Crippen molar-refractivity contribution in [3.05, 3.63) is 54.1 Å². The number of nitrogens with zero attached hydrogens (tertiary/aromatic N) is 1. The summed E-state index contributed by atoms with van der Waals surface area (Å²) in [4.78, 5) is 3.58. The third-order valence-electron chi connectivity index (χ3n) is 3.71. The Labute approximate surface area is 125 Å². The van der Waals surface area contributed by atoms with Gasteiger partial charge in [0.1, 0.15) is 0 Å². The van der Waals surface area contributed by atoms with E-state index in [-0.39, 0.29) is 0 Å². The van der Waals surface area contributed by atoms with Crippen LogP contribution >= 0.6 is 11.8 Å². The van der Waals surface area contributed by atoms with Crippen molar-refractivity contribution in [3.8, 4) is 0 Å². The lowest BCUT2D eigenvalue weighted by molar-refractivity contribution is 0.819. The van der Waals surface area contributed by atoms with E-state index >= 15 is 0 Å². The molecule has 0 radical (unpaired) electrons. The van der Waals surface area contributed by atoms with Crippen molar-refractivity contribution >= 4 is 23.1 Å². The van der Waals surface area contributed by atoms with E-state index in [1.54, 1.807) is 0 Å². The van der Waals surface area contributed by atoms with E-state index in [9.17, 15) is 0 Å². The molecule has 0 aromatic heterocycles. The molecule has 0 bridgehead atoms. The molecule has 1 N–H and O–H groups in total. The highest BCUT2D eigenvalue weighted by atomic mass is 32.2. The third kappa shape index (κ3) is 2.78. The van der Waals surface area contributed by atoms with Gasteiger partial charge in [0.15, 0.2) is 0 Å². The summed E-state index contributed by atoms with van der Waals surface area (Å²) < 4.78 is 0. The largest absolute Gasteiger partial charge is 0.384 e. The van der Waals surface area contributed by atoms with Crippen LogP contribution in [0.4, 0.5) is 11.4 Å². The second kappa shape index (κ2) is 5.80. The van der Waals surface area contributed by atoms with Crippen molar-refractivity contribution in [2.24, 2.45) is 0 Å². The maximum atomic E-state index is 3.58. The zero-order valence-electron chi connectivity index (χ0n) is 12.0. The molecule has 1 atom stereocenters. The molecular formula is C17H20N2S. The van der Waals surface area contributed by atoms with Crippen molar-refractivity contribution in [2.45, 2.75) is 10.8 Å². The Morgan fingerprint density at radius 2 is 2.00 bits per heavy atom. The average molecular weight is 284 g/mol. The summed E-state index contributed by atoms with van der Waals surface area (Å²) in [6.07, 6.45) is 0. The fraction of sp³-hybridized carbons (Fsp3) is 0.294. The highest BCUT2D eigenvalue weighted by molar-refractivity contribution is 7.99. The minimum atomic E-state index is 0.610. The quantitative estimate of drug-likeness (QED) is 0.911. The third-order valence-corrected chi connectivity index (χ3v) is 4.97. The number of fused-ring (bicyclic) bond motifs is 1. The number of nitrogens with one attached hydrogen (secondary N) is 1. The van der Waals surface area contributed by atoms with Gasteiger partial charge in [-0.15, -0.1) is 11.8 Å². The van der Waals surface area contributed by atoms with Crippen LogP contribution in [0.2, 0.25) is 0 Å². The van der Waals surface area contributed by atoms with E-state index in [2.05, 4.69) is 72.8 Å². The van der Waals surface area contributed by atoms with Crippen molar-refractivity contribution in [1.29, 1.82) is 0 Å². The molecule has 1 heterocycles. The Morgan fingerprint density at radius 3 is 2.85 bits per heavy atom. The van der Waals surface area contributed by atoms with Crippen LogP contribution in [-0.4, -0.2) is 26.4 Å². The second-order valence-electron chi connectivity index (χ2n) is 5.37. The maximum Gasteiger partial charge on any atom is 0.0381 e. The number of hydrogen-bond acceptors (Lipinski definition) is 3. The molecule has 20 heavy (non-hydrogen) atoms. The first-order valence-corrected chi connectivity index (χ1v) is 7.95. The number of thioether (sulfide) groups is 1. The van der Waals surface area contributed by atoms with Gasteiger partial charge < -0.3 is 10.2 Å². The summed E-state index contributed by atoms with van der Waals surface area (Å²) in [5.74, 6) is 1.79. The number of hydrogen-bond donors (Lipinski definition) is 1. The van der Waals surface area contributed by atoms with E-state index in [0.29, 0.717) is 5.92 Å². The van der Waals surface area contributed by atoms with E-state index < -0.39 is 0 Å². The topological polar surface area (TPSA) is 15.3 Å². The van der Waals surface area contributed by atoms with Gasteiger partial charge >= 0.3 is 0 Å². The van der Waals surface area contributed by atoms with Gasteiger partial charge in [-0.1, -0.05) is 24.3 Å². The molecule has 0 saturated carbocycles. The normalized spacial score (nSPS) is 16.8. The molecule has 2 aromatic carbocycles. The van der Waals surface area contributed by atoms with Crippen LogP contribution in [-0.2, 0) is 0 Å². The highest BCUT2D eigenvalue weighted by Gasteiger charge is 2.22. The second-order valence-corrected chi connectivity index (χ2v) is 6.43. The van der Waals surface area contributed by atoms with Crippen LogP contribution in [0.5, 0.6) is 0 Å². The molecule has 104 valence electrons. The molecule has 2 nitrogen and oxygen atoms in total. The summed E-state index contributed by atoms with van der Waals surface area (Å²) in [7, 11) is 4.14. The summed E-state index contributed by atoms with van der Waals surface area (Å²) in [5, 5.41) is 3.58. The van der Waals surface area contributed by atoms with Crippen molar-refractivity contribution in [3.63, 3.8) is 0 Å². The monoisotopic (exact) mass is 284 g/mol. The number of rotatable bonds is 4. The van der Waals surface area contributed by atoms with Gasteiger partial charge in [0.05, 0.1) is 0 Å². The maximum absolute atomic E-state index is 3.58. The Morgan fingerprint density at radius 1 is 1.15 bits per heavy atom. The molecule has 1 unspecified atom stereocenters. The molecule has 2 aromatic rings. The fourth-order valence-corrected chi connectivity index (χ4v) is 3.79. The highest BCUT2D eigenvalue weighted by Crippen LogP contribution is 2.39. The van der Waals surface area contributed by atoms with Gasteiger partial charge in [-0.05, 0) is 29.8 Å². The first-order chi connectivity index (χ1) is 9.74. The Balaban J connectivity index is 1.67. The zero-order chi connectivity index (χ0) is 13.9. The molecule has 1 aliphatic rings. The number of benzene rings is 2. The average Bonchev–Trinajstić information content (AvgIpc) is 2.89. The lowest BCUT2D eigenvalue weighted by atomic mass is 10.0. The first-order valence-electron chi connectivity index (χ1n) is 6.97. The molecule has 1 aliphatic heterocycles. The van der Waals surface area contributed by atoms with Crippen LogP contribution < -0.4 is 10.2 Å². The molecule has 3 rings (SSSR count). The number of anilines is 2. The van der Waals surface area contributed by atoms with E-state index in [1.807, 2.05) is 11.8 Å². The minimum absolute atomic E-state index is 0.610. The van der Waals surface area contributed by atoms with Gasteiger partial charge in [0.25, 0.3) is 0 Å². The summed E-state index contributed by atoms with van der Waals surface area (Å²) in [5.41, 5.74) is 3.93. The molecule has 0 amide bonds. The Hall–Kier alpha value is -1.61. The SMILES string of the molecule is CN(C)c1cccc(NCC2CSc3ccccc32)c1. The molecule has 0 spiro atoms. The Bertz CT molecular complexity index is 595. The van der Waals surface area contributed by atoms with E-state index in [1.165, 1.54) is 27.6 Å². The molecule has 3 heteroatoms. The zero-order valence-corrected chi connectivity index (χ0v) is 12.8. The van der Waals surface area contributed by atoms with Crippen LogP contribution in [0.15, 0.2) is 53.4 Å². The van der Waals surface area contributed by atoms with Gasteiger partial charge in [0, 0.05) is 48.6 Å². The van der Waals surface area contributed by atoms with Crippen molar-refractivity contribution < 1.29 is 0 Å². The van der Waals surface area contributed by atoms with E-state index in [0.717, 1.165) is 6.54 Å². The molecule has 0 saturated heterocycles. The van der Waals surface area contributed by atoms with Crippen LogP contribution in [0.1, 0.15) is 11.5 Å². The predicted octanol–water partition coefficient (Wildman–Crippen LogP) is 4.05. The lowest BCUT2D eigenvalue weighted by Gasteiger charge is -2.16. The summed E-state index contributed by atoms with van der Waals surface area (Å²) >= 11 is 1.97. The standard InChI is InChI=1S/C17H20N2S/c1-19(2)15-7-5-6-14(10-15)18-11-13-12-20-17-9-4-3-8-16(13)17/h3-10,13,18H,11-12H2,1-2H3. The van der Waals surface area contributed by atoms with Crippen LogP contribution in [0, 0.1) is 0 Å². The van der Waals surface area contributed by atoms with Gasteiger partial charge in [-0.3, -0.25) is 0 Å². The molecule has 0 aliphatic carbocycles. The first kappa shape index (κ1) is 13.4. The Kier molecular flexibility index (Phi) is 3.88. The minimum Gasteiger partial charge on any atom is -0.384 e. The molecule has 0 fully saturated rings. The summed E-state index contributed by atoms with van der Waals surface area (Å²) in [6.45, 7) is 1.00. The fourth-order valence-electron chi connectivity index (χ4n) is 2.53. The van der Waals surface area contributed by atoms with Gasteiger partial charge in [0.2, 0.25) is 0 Å². The van der Waals surface area contributed by atoms with Crippen molar-refractivity contribution in [2.75, 3.05) is 36.6 Å². The summed E-state index contributed by atoms with van der Waals surface area (Å²) in [6, 6.07) is 17.3. The van der Waals surface area contributed by atoms with Crippen molar-refractivity contribution in [1.82, 2.24) is 0 Å². The van der Waals surface area contributed by atoms with Gasteiger partial charge in [-0.25, -0.2) is 0 Å². The van der Waals surface area contributed by atoms with Crippen LogP contribution in [0.3, 0.4) is 0 Å². The van der Waals surface area contributed by atoms with Crippen LogP contribution in [0.25, 0.3) is 0 Å².